The Balaban J connectivity index is 0.000000240. The van der Waals surface area contributed by atoms with Crippen LogP contribution in [0.1, 0.15) is 11.1 Å². The minimum atomic E-state index is 0. The van der Waals surface area contributed by atoms with Crippen molar-refractivity contribution in [2.45, 2.75) is 13.1 Å². The van der Waals surface area contributed by atoms with Gasteiger partial charge in [-0.15, -0.1) is 0 Å². The number of anilines is 2. The van der Waals surface area contributed by atoms with Crippen molar-refractivity contribution in [1.29, 1.82) is 0 Å². The zero-order chi connectivity index (χ0) is 24.2. The molecule has 7 heteroatoms. The van der Waals surface area contributed by atoms with Gasteiger partial charge in [0.2, 0.25) is 0 Å². The van der Waals surface area contributed by atoms with Crippen molar-refractivity contribution in [3.05, 3.63) is 132 Å². The van der Waals surface area contributed by atoms with Gasteiger partial charge in [0.25, 0.3) is 0 Å². The van der Waals surface area contributed by atoms with Gasteiger partial charge < -0.3 is 59.5 Å². The van der Waals surface area contributed by atoms with Crippen molar-refractivity contribution in [3.63, 3.8) is 0 Å². The van der Waals surface area contributed by atoms with Crippen LogP contribution in [0.25, 0.3) is 0 Å². The van der Waals surface area contributed by atoms with E-state index < -0.39 is 0 Å². The molecule has 4 aromatic rings. The van der Waals surface area contributed by atoms with E-state index in [1.165, 1.54) is 11.1 Å². The van der Waals surface area contributed by atoms with Crippen molar-refractivity contribution in [2.75, 3.05) is 9.80 Å². The summed E-state index contributed by atoms with van der Waals surface area (Å²) in [7, 11) is 0. The molecule has 179 valence electrons. The molecule has 0 saturated carbocycles. The molecule has 0 aliphatic heterocycles. The molecule has 2 nitrogen and oxygen atoms in total. The Kier molecular flexibility index (Phi) is 12.8. The molecule has 0 bridgehead atoms. The molecule has 0 aromatic heterocycles. The molecule has 0 fully saturated rings. The van der Waals surface area contributed by atoms with E-state index in [0.717, 1.165) is 11.4 Å². The molecule has 0 aliphatic rings. The molecular formula is C28H24CoN2S4. The van der Waals surface area contributed by atoms with Gasteiger partial charge in [-0.2, -0.15) is 0 Å². The number of para-hydroxylation sites is 2. The van der Waals surface area contributed by atoms with Gasteiger partial charge >= 0.3 is 16.8 Å². The van der Waals surface area contributed by atoms with Crippen molar-refractivity contribution in [3.8, 4) is 0 Å². The van der Waals surface area contributed by atoms with Gasteiger partial charge in [-0.25, -0.2) is 0 Å². The summed E-state index contributed by atoms with van der Waals surface area (Å²) in [6, 6.07) is 40.3. The van der Waals surface area contributed by atoms with Crippen LogP contribution in [-0.4, -0.2) is 8.64 Å². The molecule has 0 unspecified atom stereocenters. The minimum absolute atomic E-state index is 0. The second-order valence-corrected chi connectivity index (χ2v) is 9.41. The van der Waals surface area contributed by atoms with E-state index in [-0.39, 0.29) is 16.8 Å². The van der Waals surface area contributed by atoms with Crippen LogP contribution in [0.15, 0.2) is 121 Å². The predicted octanol–water partition coefficient (Wildman–Crippen LogP) is 7.05. The first-order valence-corrected chi connectivity index (χ1v) is 12.3. The van der Waals surface area contributed by atoms with Crippen LogP contribution in [0.5, 0.6) is 0 Å². The Morgan fingerprint density at radius 2 is 0.743 bits per heavy atom. The molecule has 0 spiro atoms. The van der Waals surface area contributed by atoms with E-state index in [9.17, 15) is 0 Å². The van der Waals surface area contributed by atoms with Crippen LogP contribution < -0.4 is 9.80 Å². The summed E-state index contributed by atoms with van der Waals surface area (Å²) >= 11 is 20.6. The average Bonchev–Trinajstić information content (AvgIpc) is 2.88. The van der Waals surface area contributed by atoms with E-state index in [2.05, 4.69) is 24.3 Å². The van der Waals surface area contributed by atoms with Crippen LogP contribution in [0, 0.1) is 0 Å². The topological polar surface area (TPSA) is 6.48 Å². The number of thiocarbonyl (C=S) groups is 2. The van der Waals surface area contributed by atoms with Gasteiger partial charge in [0, 0.05) is 24.5 Å². The third kappa shape index (κ3) is 9.64. The molecule has 0 N–H and O–H groups in total. The maximum Gasteiger partial charge on any atom is 2.00 e. The second kappa shape index (κ2) is 15.6. The van der Waals surface area contributed by atoms with Crippen LogP contribution in [0.3, 0.4) is 0 Å². The monoisotopic (exact) mass is 575 g/mol. The molecular weight excluding hydrogens is 552 g/mol. The molecule has 0 atom stereocenters. The largest absolute Gasteiger partial charge is 2.00 e. The number of hydrogen-bond acceptors (Lipinski definition) is 4. The van der Waals surface area contributed by atoms with Crippen molar-refractivity contribution < 1.29 is 16.8 Å². The summed E-state index contributed by atoms with van der Waals surface area (Å²) in [6.07, 6.45) is 0. The summed E-state index contributed by atoms with van der Waals surface area (Å²) in [5.74, 6) is 0. The fraction of sp³-hybridized carbons (Fsp3) is 0.0714. The molecule has 35 heavy (non-hydrogen) atoms. The maximum atomic E-state index is 5.14. The van der Waals surface area contributed by atoms with Gasteiger partial charge in [-0.1, -0.05) is 106 Å². The summed E-state index contributed by atoms with van der Waals surface area (Å²) in [5.41, 5.74) is 4.47. The van der Waals surface area contributed by atoms with E-state index in [0.29, 0.717) is 21.7 Å². The summed E-state index contributed by atoms with van der Waals surface area (Å²) in [6.45, 7) is 1.43. The summed E-state index contributed by atoms with van der Waals surface area (Å²) in [4.78, 5) is 3.92. The van der Waals surface area contributed by atoms with Gasteiger partial charge in [0.15, 0.2) is 0 Å². The van der Waals surface area contributed by atoms with E-state index in [1.807, 2.05) is 107 Å². The number of hydrogen-bond donors (Lipinski definition) is 0. The van der Waals surface area contributed by atoms with Gasteiger partial charge in [0.05, 0.1) is 0 Å². The van der Waals surface area contributed by atoms with E-state index >= 15 is 0 Å². The first-order valence-electron chi connectivity index (χ1n) is 10.7. The smallest absolute Gasteiger partial charge is 0.411 e. The molecule has 4 aromatic carbocycles. The summed E-state index contributed by atoms with van der Waals surface area (Å²) in [5, 5.41) is 0. The van der Waals surface area contributed by atoms with E-state index in [4.69, 9.17) is 49.7 Å². The standard InChI is InChI=1S/2C14H13NS2.Co/c2*16-14(17)15(13-9-5-2-6-10-13)11-12-7-3-1-4-8-12;/h2*1-10H,11H2,(H,16,17);/q;;+2/p-2. The van der Waals surface area contributed by atoms with Gasteiger partial charge in [-0.05, 0) is 35.4 Å². The molecule has 0 saturated heterocycles. The van der Waals surface area contributed by atoms with Crippen LogP contribution >= 0.6 is 24.4 Å². The van der Waals surface area contributed by atoms with Crippen molar-refractivity contribution in [2.24, 2.45) is 0 Å². The van der Waals surface area contributed by atoms with Gasteiger partial charge in [-0.3, -0.25) is 0 Å². The first kappa shape index (κ1) is 28.8. The zero-order valence-corrected chi connectivity index (χ0v) is 23.1. The Bertz CT molecular complexity index is 1070. The Labute approximate surface area is 240 Å². The Morgan fingerprint density at radius 3 is 1.00 bits per heavy atom. The SMILES string of the molecule is S=C([S-])N(Cc1ccccc1)c1ccccc1.S=C([S-])N(Cc1ccccc1)c1ccccc1.[Co+2]. The maximum absolute atomic E-state index is 5.14. The minimum Gasteiger partial charge on any atom is -0.411 e. The fourth-order valence-corrected chi connectivity index (χ4v) is 3.95. The van der Waals surface area contributed by atoms with E-state index in [1.54, 1.807) is 0 Å². The predicted molar refractivity (Wildman–Crippen MR) is 158 cm³/mol. The molecule has 0 amide bonds. The first-order chi connectivity index (χ1) is 16.5. The average molecular weight is 576 g/mol. The third-order valence-corrected chi connectivity index (χ3v) is 5.83. The van der Waals surface area contributed by atoms with Gasteiger partial charge in [0.1, 0.15) is 0 Å². The third-order valence-electron chi connectivity index (χ3n) is 4.94. The molecule has 0 heterocycles. The van der Waals surface area contributed by atoms with Crippen LogP contribution in [0.4, 0.5) is 11.4 Å². The Morgan fingerprint density at radius 1 is 0.486 bits per heavy atom. The molecule has 4 rings (SSSR count). The summed E-state index contributed by atoms with van der Waals surface area (Å²) < 4.78 is 0.945. The number of rotatable bonds is 6. The molecule has 0 aliphatic carbocycles. The molecule has 1 radical (unpaired) electrons. The van der Waals surface area contributed by atoms with Crippen LogP contribution in [0.2, 0.25) is 0 Å². The zero-order valence-electron chi connectivity index (χ0n) is 18.8. The normalized spacial score (nSPS) is 9.60. The fourth-order valence-electron chi connectivity index (χ4n) is 3.27. The van der Waals surface area contributed by atoms with Crippen molar-refractivity contribution in [1.82, 2.24) is 0 Å². The quantitative estimate of drug-likeness (QED) is 0.178. The van der Waals surface area contributed by atoms with Crippen LogP contribution in [-0.2, 0) is 55.1 Å². The Hall–Kier alpha value is -2.39. The second-order valence-electron chi connectivity index (χ2n) is 7.35. The van der Waals surface area contributed by atoms with Crippen molar-refractivity contribution >= 4 is 69.7 Å². The number of nitrogens with zero attached hydrogens (tertiary/aromatic N) is 2. The number of benzene rings is 4.